The van der Waals surface area contributed by atoms with Crippen molar-refractivity contribution < 1.29 is 4.74 Å². The SMILES string of the molecule is CCNc1ncc(C2CCOCC2)[nH]1. The topological polar surface area (TPSA) is 49.9 Å². The van der Waals surface area contributed by atoms with Crippen LogP contribution >= 0.6 is 0 Å². The van der Waals surface area contributed by atoms with Gasteiger partial charge in [0.1, 0.15) is 0 Å². The van der Waals surface area contributed by atoms with E-state index in [9.17, 15) is 0 Å². The number of rotatable bonds is 3. The highest BCUT2D eigenvalue weighted by Crippen LogP contribution is 2.25. The van der Waals surface area contributed by atoms with Crippen LogP contribution in [-0.2, 0) is 4.74 Å². The summed E-state index contributed by atoms with van der Waals surface area (Å²) in [7, 11) is 0. The molecule has 1 aliphatic heterocycles. The van der Waals surface area contributed by atoms with Crippen LogP contribution in [0.4, 0.5) is 5.95 Å². The van der Waals surface area contributed by atoms with Crippen LogP contribution in [0, 0.1) is 0 Å². The molecule has 78 valence electrons. The Morgan fingerprint density at radius 3 is 3.07 bits per heavy atom. The molecule has 0 aromatic carbocycles. The van der Waals surface area contributed by atoms with Crippen molar-refractivity contribution in [3.8, 4) is 0 Å². The summed E-state index contributed by atoms with van der Waals surface area (Å²) in [6.07, 6.45) is 4.15. The second kappa shape index (κ2) is 4.46. The summed E-state index contributed by atoms with van der Waals surface area (Å²) >= 11 is 0. The van der Waals surface area contributed by atoms with Gasteiger partial charge in [-0.05, 0) is 19.8 Å². The van der Waals surface area contributed by atoms with E-state index in [0.717, 1.165) is 38.5 Å². The van der Waals surface area contributed by atoms with Gasteiger partial charge in [0.15, 0.2) is 5.95 Å². The van der Waals surface area contributed by atoms with Gasteiger partial charge in [-0.15, -0.1) is 0 Å². The van der Waals surface area contributed by atoms with Crippen molar-refractivity contribution >= 4 is 5.95 Å². The van der Waals surface area contributed by atoms with Gasteiger partial charge in [0, 0.05) is 31.4 Å². The van der Waals surface area contributed by atoms with Crippen molar-refractivity contribution in [3.63, 3.8) is 0 Å². The smallest absolute Gasteiger partial charge is 0.200 e. The molecule has 4 heteroatoms. The number of imidazole rings is 1. The molecule has 2 heterocycles. The fourth-order valence-corrected chi connectivity index (χ4v) is 1.81. The third-order valence-electron chi connectivity index (χ3n) is 2.60. The molecule has 2 rings (SSSR count). The van der Waals surface area contributed by atoms with Crippen LogP contribution in [0.3, 0.4) is 0 Å². The molecule has 0 saturated carbocycles. The predicted molar refractivity (Wildman–Crippen MR) is 55.5 cm³/mol. The maximum Gasteiger partial charge on any atom is 0.200 e. The van der Waals surface area contributed by atoms with E-state index in [2.05, 4.69) is 22.2 Å². The molecular formula is C10H17N3O. The summed E-state index contributed by atoms with van der Waals surface area (Å²) in [4.78, 5) is 7.58. The number of H-pyrrole nitrogens is 1. The zero-order valence-electron chi connectivity index (χ0n) is 8.55. The Morgan fingerprint density at radius 2 is 2.36 bits per heavy atom. The van der Waals surface area contributed by atoms with E-state index in [0.29, 0.717) is 5.92 Å². The molecule has 0 aliphatic carbocycles. The minimum absolute atomic E-state index is 0.601. The summed E-state index contributed by atoms with van der Waals surface area (Å²) < 4.78 is 5.33. The van der Waals surface area contributed by atoms with Crippen LogP contribution in [0.15, 0.2) is 6.20 Å². The molecule has 1 saturated heterocycles. The van der Waals surface area contributed by atoms with Crippen LogP contribution in [0.5, 0.6) is 0 Å². The van der Waals surface area contributed by atoms with Crippen molar-refractivity contribution in [1.82, 2.24) is 9.97 Å². The molecule has 0 amide bonds. The van der Waals surface area contributed by atoms with Crippen molar-refractivity contribution in [1.29, 1.82) is 0 Å². The van der Waals surface area contributed by atoms with Crippen molar-refractivity contribution in [2.45, 2.75) is 25.7 Å². The van der Waals surface area contributed by atoms with Crippen LogP contribution in [0.25, 0.3) is 0 Å². The lowest BCUT2D eigenvalue weighted by Gasteiger charge is -2.20. The summed E-state index contributed by atoms with van der Waals surface area (Å²) in [6, 6.07) is 0. The second-order valence-electron chi connectivity index (χ2n) is 3.60. The zero-order valence-corrected chi connectivity index (χ0v) is 8.55. The van der Waals surface area contributed by atoms with Crippen LogP contribution in [-0.4, -0.2) is 29.7 Å². The largest absolute Gasteiger partial charge is 0.381 e. The maximum absolute atomic E-state index is 5.33. The Hall–Kier alpha value is -1.03. The number of hydrogen-bond donors (Lipinski definition) is 2. The highest BCUT2D eigenvalue weighted by Gasteiger charge is 2.17. The number of anilines is 1. The summed E-state index contributed by atoms with van der Waals surface area (Å²) in [5.41, 5.74) is 1.24. The van der Waals surface area contributed by atoms with Gasteiger partial charge in [-0.3, -0.25) is 0 Å². The quantitative estimate of drug-likeness (QED) is 0.772. The first-order valence-corrected chi connectivity index (χ1v) is 5.26. The molecule has 0 unspecified atom stereocenters. The average Bonchev–Trinajstić information content (AvgIpc) is 2.68. The van der Waals surface area contributed by atoms with E-state index in [1.54, 1.807) is 0 Å². The number of nitrogens with zero attached hydrogens (tertiary/aromatic N) is 1. The lowest BCUT2D eigenvalue weighted by molar-refractivity contribution is 0.0846. The van der Waals surface area contributed by atoms with E-state index in [1.807, 2.05) is 6.20 Å². The minimum Gasteiger partial charge on any atom is -0.381 e. The molecule has 1 aliphatic rings. The average molecular weight is 195 g/mol. The number of hydrogen-bond acceptors (Lipinski definition) is 3. The minimum atomic E-state index is 0.601. The van der Waals surface area contributed by atoms with Gasteiger partial charge in [0.05, 0.1) is 6.20 Å². The van der Waals surface area contributed by atoms with E-state index in [1.165, 1.54) is 5.69 Å². The van der Waals surface area contributed by atoms with Gasteiger partial charge < -0.3 is 15.0 Å². The van der Waals surface area contributed by atoms with Gasteiger partial charge in [-0.25, -0.2) is 4.98 Å². The molecule has 1 aromatic heterocycles. The lowest BCUT2D eigenvalue weighted by atomic mass is 9.97. The molecule has 14 heavy (non-hydrogen) atoms. The van der Waals surface area contributed by atoms with E-state index in [-0.39, 0.29) is 0 Å². The van der Waals surface area contributed by atoms with Gasteiger partial charge in [0.2, 0.25) is 0 Å². The first kappa shape index (κ1) is 9.52. The molecule has 0 bridgehead atoms. The Morgan fingerprint density at radius 1 is 1.57 bits per heavy atom. The monoisotopic (exact) mass is 195 g/mol. The van der Waals surface area contributed by atoms with Crippen LogP contribution in [0.1, 0.15) is 31.4 Å². The fraction of sp³-hybridized carbons (Fsp3) is 0.700. The number of nitrogens with one attached hydrogen (secondary N) is 2. The van der Waals surface area contributed by atoms with Crippen LogP contribution in [0.2, 0.25) is 0 Å². The second-order valence-corrected chi connectivity index (χ2v) is 3.60. The van der Waals surface area contributed by atoms with Gasteiger partial charge in [-0.1, -0.05) is 0 Å². The van der Waals surface area contributed by atoms with Crippen molar-refractivity contribution in [2.75, 3.05) is 25.1 Å². The van der Waals surface area contributed by atoms with Gasteiger partial charge >= 0.3 is 0 Å². The molecule has 1 fully saturated rings. The summed E-state index contributed by atoms with van der Waals surface area (Å²) in [5, 5.41) is 3.17. The number of aromatic amines is 1. The number of aromatic nitrogens is 2. The predicted octanol–water partition coefficient (Wildman–Crippen LogP) is 1.74. The third kappa shape index (κ3) is 2.07. The Kier molecular flexibility index (Phi) is 3.03. The molecule has 0 radical (unpaired) electrons. The van der Waals surface area contributed by atoms with Crippen LogP contribution < -0.4 is 5.32 Å². The molecule has 2 N–H and O–H groups in total. The number of ether oxygens (including phenoxy) is 1. The normalized spacial score (nSPS) is 18.4. The van der Waals surface area contributed by atoms with E-state index >= 15 is 0 Å². The fourth-order valence-electron chi connectivity index (χ4n) is 1.81. The summed E-state index contributed by atoms with van der Waals surface area (Å²) in [6.45, 7) is 4.72. The van der Waals surface area contributed by atoms with E-state index in [4.69, 9.17) is 4.74 Å². The molecule has 4 nitrogen and oxygen atoms in total. The van der Waals surface area contributed by atoms with Crippen molar-refractivity contribution in [3.05, 3.63) is 11.9 Å². The first-order chi connectivity index (χ1) is 6.90. The highest BCUT2D eigenvalue weighted by atomic mass is 16.5. The molecule has 1 aromatic rings. The first-order valence-electron chi connectivity index (χ1n) is 5.26. The highest BCUT2D eigenvalue weighted by molar-refractivity contribution is 5.27. The zero-order chi connectivity index (χ0) is 9.80. The molecule has 0 spiro atoms. The van der Waals surface area contributed by atoms with Gasteiger partial charge in [-0.2, -0.15) is 0 Å². The molecule has 0 atom stereocenters. The Balaban J connectivity index is 2.00. The standard InChI is InChI=1S/C10H17N3O/c1-2-11-10-12-7-9(13-10)8-3-5-14-6-4-8/h7-8H,2-6H2,1H3,(H2,11,12,13). The molecular weight excluding hydrogens is 178 g/mol. The Bertz CT molecular complexity index is 279. The van der Waals surface area contributed by atoms with E-state index < -0.39 is 0 Å². The third-order valence-corrected chi connectivity index (χ3v) is 2.60. The van der Waals surface area contributed by atoms with Crippen molar-refractivity contribution in [2.24, 2.45) is 0 Å². The summed E-state index contributed by atoms with van der Waals surface area (Å²) in [5.74, 6) is 1.48. The lowest BCUT2D eigenvalue weighted by Crippen LogP contribution is -2.14. The Labute approximate surface area is 84.1 Å². The maximum atomic E-state index is 5.33. The van der Waals surface area contributed by atoms with Gasteiger partial charge in [0.25, 0.3) is 0 Å².